The summed E-state index contributed by atoms with van der Waals surface area (Å²) in [6.07, 6.45) is 0. The van der Waals surface area contributed by atoms with Gasteiger partial charge in [0.1, 0.15) is 0 Å². The van der Waals surface area contributed by atoms with Crippen molar-refractivity contribution in [3.8, 4) is 0 Å². The molecule has 0 aliphatic rings. The summed E-state index contributed by atoms with van der Waals surface area (Å²) in [5.41, 5.74) is 3.80. The van der Waals surface area contributed by atoms with Gasteiger partial charge in [0.15, 0.2) is 0 Å². The first kappa shape index (κ1) is 12.6. The zero-order valence-corrected chi connectivity index (χ0v) is 11.2. The van der Waals surface area contributed by atoms with Gasteiger partial charge in [0, 0.05) is 10.6 Å². The summed E-state index contributed by atoms with van der Waals surface area (Å²) in [5, 5.41) is 10.4. The number of carbonyl (C=O) groups is 1. The first-order valence-electron chi connectivity index (χ1n) is 5.58. The Morgan fingerprint density at radius 2 is 2.06 bits per heavy atom. The monoisotopic (exact) mass is 263 g/mol. The summed E-state index contributed by atoms with van der Waals surface area (Å²) in [5.74, 6) is -0.164. The second kappa shape index (κ2) is 4.82. The maximum absolute atomic E-state index is 12.1. The van der Waals surface area contributed by atoms with Crippen molar-refractivity contribution in [3.05, 3.63) is 45.7 Å². The third-order valence-electron chi connectivity index (χ3n) is 2.79. The summed E-state index contributed by atoms with van der Waals surface area (Å²) in [6.45, 7) is 5.57. The molecule has 1 heterocycles. The lowest BCUT2D eigenvalue weighted by molar-refractivity contribution is 0.102. The number of carbonyl (C=O) groups excluding carboxylic acids is 1. The van der Waals surface area contributed by atoms with E-state index in [0.29, 0.717) is 10.6 Å². The van der Waals surface area contributed by atoms with Crippen molar-refractivity contribution in [2.24, 2.45) is 0 Å². The van der Waals surface area contributed by atoms with Gasteiger partial charge in [-0.1, -0.05) is 11.6 Å². The molecule has 0 atom stereocenters. The Balaban J connectivity index is 2.25. The highest BCUT2D eigenvalue weighted by atomic mass is 35.5. The van der Waals surface area contributed by atoms with Gasteiger partial charge in [-0.3, -0.25) is 9.89 Å². The quantitative estimate of drug-likeness (QED) is 0.874. The van der Waals surface area contributed by atoms with Crippen molar-refractivity contribution in [3.63, 3.8) is 0 Å². The van der Waals surface area contributed by atoms with Crippen molar-refractivity contribution >= 4 is 23.2 Å². The summed E-state index contributed by atoms with van der Waals surface area (Å²) in [6, 6.07) is 5.19. The number of anilines is 1. The molecule has 1 aromatic carbocycles. The zero-order valence-electron chi connectivity index (χ0n) is 10.5. The van der Waals surface area contributed by atoms with Gasteiger partial charge in [-0.25, -0.2) is 0 Å². The predicted molar refractivity (Wildman–Crippen MR) is 72.2 cm³/mol. The average Bonchev–Trinajstić information content (AvgIpc) is 2.64. The van der Waals surface area contributed by atoms with Gasteiger partial charge in [-0.05, 0) is 44.5 Å². The Labute approximate surface area is 110 Å². The molecule has 2 aromatic rings. The Hall–Kier alpha value is -1.81. The molecule has 18 heavy (non-hydrogen) atoms. The molecular weight excluding hydrogens is 250 g/mol. The Morgan fingerprint density at radius 3 is 2.61 bits per heavy atom. The van der Waals surface area contributed by atoms with Crippen molar-refractivity contribution in [1.82, 2.24) is 10.2 Å². The van der Waals surface area contributed by atoms with Gasteiger partial charge in [0.25, 0.3) is 5.91 Å². The summed E-state index contributed by atoms with van der Waals surface area (Å²) < 4.78 is 0. The molecule has 0 bridgehead atoms. The van der Waals surface area contributed by atoms with Crippen LogP contribution in [0.3, 0.4) is 0 Å². The van der Waals surface area contributed by atoms with Crippen molar-refractivity contribution in [1.29, 1.82) is 0 Å². The summed E-state index contributed by atoms with van der Waals surface area (Å²) >= 11 is 5.93. The topological polar surface area (TPSA) is 57.8 Å². The molecular formula is C13H14ClN3O. The highest BCUT2D eigenvalue weighted by molar-refractivity contribution is 6.31. The lowest BCUT2D eigenvalue weighted by atomic mass is 10.1. The highest BCUT2D eigenvalue weighted by Gasteiger charge is 2.12. The van der Waals surface area contributed by atoms with Gasteiger partial charge in [-0.2, -0.15) is 5.10 Å². The lowest BCUT2D eigenvalue weighted by Gasteiger charge is -2.06. The molecule has 1 amide bonds. The fraction of sp³-hybridized carbons (Fsp3) is 0.231. The van der Waals surface area contributed by atoms with Gasteiger partial charge < -0.3 is 5.32 Å². The molecule has 5 heteroatoms. The molecule has 94 valence electrons. The maximum atomic E-state index is 12.1. The third-order valence-corrected chi connectivity index (χ3v) is 3.21. The number of aromatic amines is 1. The van der Waals surface area contributed by atoms with Crippen LogP contribution in [0.4, 0.5) is 5.69 Å². The predicted octanol–water partition coefficient (Wildman–Crippen LogP) is 3.24. The number of hydrogen-bond donors (Lipinski definition) is 2. The van der Waals surface area contributed by atoms with Crippen molar-refractivity contribution in [2.45, 2.75) is 20.8 Å². The van der Waals surface area contributed by atoms with Crippen LogP contribution in [-0.2, 0) is 0 Å². The van der Waals surface area contributed by atoms with Crippen LogP contribution in [0.1, 0.15) is 27.3 Å². The van der Waals surface area contributed by atoms with E-state index >= 15 is 0 Å². The molecule has 0 unspecified atom stereocenters. The average molecular weight is 264 g/mol. The fourth-order valence-corrected chi connectivity index (χ4v) is 1.82. The van der Waals surface area contributed by atoms with Crippen molar-refractivity contribution in [2.75, 3.05) is 5.32 Å². The van der Waals surface area contributed by atoms with Crippen LogP contribution in [-0.4, -0.2) is 16.1 Å². The van der Waals surface area contributed by atoms with Gasteiger partial charge >= 0.3 is 0 Å². The molecule has 0 saturated carbocycles. The van der Waals surface area contributed by atoms with Crippen LogP contribution in [0.15, 0.2) is 18.2 Å². The van der Waals surface area contributed by atoms with Crippen molar-refractivity contribution < 1.29 is 4.79 Å². The molecule has 0 saturated heterocycles. The van der Waals surface area contributed by atoms with Crippen LogP contribution in [0.25, 0.3) is 0 Å². The number of benzene rings is 1. The highest BCUT2D eigenvalue weighted by Crippen LogP contribution is 2.20. The summed E-state index contributed by atoms with van der Waals surface area (Å²) in [4.78, 5) is 12.1. The molecule has 0 fully saturated rings. The van der Waals surface area contributed by atoms with Crippen LogP contribution < -0.4 is 5.32 Å². The molecule has 2 rings (SSSR count). The first-order chi connectivity index (χ1) is 8.49. The van der Waals surface area contributed by atoms with E-state index in [-0.39, 0.29) is 5.91 Å². The zero-order chi connectivity index (χ0) is 13.3. The molecule has 0 radical (unpaired) electrons. The molecule has 1 aromatic heterocycles. The van der Waals surface area contributed by atoms with E-state index in [0.717, 1.165) is 22.6 Å². The van der Waals surface area contributed by atoms with E-state index in [1.54, 1.807) is 18.2 Å². The minimum Gasteiger partial charge on any atom is -0.319 e. The largest absolute Gasteiger partial charge is 0.319 e. The Kier molecular flexibility index (Phi) is 3.39. The first-order valence-corrected chi connectivity index (χ1v) is 5.96. The Morgan fingerprint density at radius 1 is 1.33 bits per heavy atom. The number of aromatic nitrogens is 2. The summed E-state index contributed by atoms with van der Waals surface area (Å²) in [7, 11) is 0. The third kappa shape index (κ3) is 2.38. The molecule has 2 N–H and O–H groups in total. The lowest BCUT2D eigenvalue weighted by Crippen LogP contribution is -2.13. The van der Waals surface area contributed by atoms with Crippen LogP contribution in [0.2, 0.25) is 5.02 Å². The van der Waals surface area contributed by atoms with E-state index in [4.69, 9.17) is 11.6 Å². The van der Waals surface area contributed by atoms with E-state index in [1.165, 1.54) is 0 Å². The SMILES string of the molecule is Cc1cc(C(=O)Nc2c(C)n[nH]c2C)ccc1Cl. The number of halogens is 1. The second-order valence-corrected chi connectivity index (χ2v) is 4.63. The number of nitrogens with zero attached hydrogens (tertiary/aromatic N) is 1. The van der Waals surface area contributed by atoms with Crippen LogP contribution in [0.5, 0.6) is 0 Å². The van der Waals surface area contributed by atoms with Gasteiger partial charge in [0.05, 0.1) is 17.1 Å². The number of rotatable bonds is 2. The van der Waals surface area contributed by atoms with E-state index in [1.807, 2.05) is 20.8 Å². The minimum absolute atomic E-state index is 0.164. The van der Waals surface area contributed by atoms with E-state index in [2.05, 4.69) is 15.5 Å². The Bertz CT molecular complexity index is 585. The van der Waals surface area contributed by atoms with Gasteiger partial charge in [-0.15, -0.1) is 0 Å². The van der Waals surface area contributed by atoms with E-state index in [9.17, 15) is 4.79 Å². The number of H-pyrrole nitrogens is 1. The second-order valence-electron chi connectivity index (χ2n) is 4.23. The van der Waals surface area contributed by atoms with Crippen LogP contribution >= 0.6 is 11.6 Å². The smallest absolute Gasteiger partial charge is 0.255 e. The number of amides is 1. The molecule has 0 aliphatic heterocycles. The fourth-order valence-electron chi connectivity index (χ4n) is 1.71. The van der Waals surface area contributed by atoms with Gasteiger partial charge in [0.2, 0.25) is 0 Å². The number of aryl methyl sites for hydroxylation is 3. The molecule has 4 nitrogen and oxygen atoms in total. The van der Waals surface area contributed by atoms with Crippen LogP contribution in [0, 0.1) is 20.8 Å². The normalized spacial score (nSPS) is 10.4. The standard InChI is InChI=1S/C13H14ClN3O/c1-7-6-10(4-5-11(7)14)13(18)15-12-8(2)16-17-9(12)3/h4-6H,1-3H3,(H,15,18)(H,16,17). The maximum Gasteiger partial charge on any atom is 0.255 e. The molecule has 0 aliphatic carbocycles. The minimum atomic E-state index is -0.164. The molecule has 0 spiro atoms. The number of hydrogen-bond acceptors (Lipinski definition) is 2. The number of nitrogens with one attached hydrogen (secondary N) is 2. The van der Waals surface area contributed by atoms with E-state index < -0.39 is 0 Å².